The maximum absolute atomic E-state index is 12.3. The molecule has 20 heavy (non-hydrogen) atoms. The summed E-state index contributed by atoms with van der Waals surface area (Å²) >= 11 is 0. The third kappa shape index (κ3) is 5.80. The molecular weight excluding hydrogens is 250 g/mol. The number of piperidine rings is 1. The molecule has 1 heterocycles. The highest BCUT2D eigenvalue weighted by Gasteiger charge is 2.27. The highest BCUT2D eigenvalue weighted by molar-refractivity contribution is 5.82. The van der Waals surface area contributed by atoms with Crippen LogP contribution in [0.25, 0.3) is 0 Å². The quantitative estimate of drug-likeness (QED) is 0.658. The predicted octanol–water partition coefficient (Wildman–Crippen LogP) is 2.10. The Labute approximate surface area is 124 Å². The van der Waals surface area contributed by atoms with Crippen LogP contribution in [0.1, 0.15) is 52.9 Å². The van der Waals surface area contributed by atoms with E-state index in [0.29, 0.717) is 11.9 Å². The van der Waals surface area contributed by atoms with Gasteiger partial charge in [0.25, 0.3) is 0 Å². The van der Waals surface area contributed by atoms with Crippen LogP contribution < -0.4 is 5.32 Å². The van der Waals surface area contributed by atoms with Gasteiger partial charge in [0.1, 0.15) is 0 Å². The lowest BCUT2D eigenvalue weighted by atomic mass is 10.0. The van der Waals surface area contributed by atoms with Gasteiger partial charge in [-0.25, -0.2) is 0 Å². The summed E-state index contributed by atoms with van der Waals surface area (Å²) in [5.74, 6) is 0.321. The molecule has 0 saturated carbocycles. The minimum absolute atomic E-state index is 0.0713. The van der Waals surface area contributed by atoms with Gasteiger partial charge in [0.2, 0.25) is 5.91 Å². The summed E-state index contributed by atoms with van der Waals surface area (Å²) in [6, 6.07) is 0.677. The molecule has 0 aliphatic carbocycles. The van der Waals surface area contributed by atoms with Gasteiger partial charge in [0.05, 0.1) is 6.04 Å². The van der Waals surface area contributed by atoms with E-state index in [2.05, 4.69) is 42.9 Å². The summed E-state index contributed by atoms with van der Waals surface area (Å²) in [4.78, 5) is 16.7. The SMILES string of the molecule is CCCNC1CCCN(CCCCN(C)C(C)C)C1=O. The molecule has 1 unspecified atom stereocenters. The molecule has 1 N–H and O–H groups in total. The van der Waals surface area contributed by atoms with Crippen LogP contribution in [-0.2, 0) is 4.79 Å². The van der Waals surface area contributed by atoms with Crippen molar-refractivity contribution < 1.29 is 4.79 Å². The number of unbranched alkanes of at least 4 members (excludes halogenated alkanes) is 1. The third-order valence-corrected chi connectivity index (χ3v) is 4.24. The second kappa shape index (κ2) is 9.35. The number of hydrogen-bond acceptors (Lipinski definition) is 3. The van der Waals surface area contributed by atoms with Gasteiger partial charge in [0.15, 0.2) is 0 Å². The van der Waals surface area contributed by atoms with Gasteiger partial charge in [0, 0.05) is 19.1 Å². The van der Waals surface area contributed by atoms with Crippen LogP contribution in [0.2, 0.25) is 0 Å². The molecule has 1 aliphatic heterocycles. The minimum atomic E-state index is 0.0713. The number of hydrogen-bond donors (Lipinski definition) is 1. The van der Waals surface area contributed by atoms with Gasteiger partial charge in [-0.15, -0.1) is 0 Å². The fraction of sp³-hybridized carbons (Fsp3) is 0.938. The second-order valence-electron chi connectivity index (χ2n) is 6.26. The van der Waals surface area contributed by atoms with Crippen molar-refractivity contribution in [1.29, 1.82) is 0 Å². The fourth-order valence-electron chi connectivity index (χ4n) is 2.59. The maximum Gasteiger partial charge on any atom is 0.239 e. The fourth-order valence-corrected chi connectivity index (χ4v) is 2.59. The molecule has 1 fully saturated rings. The van der Waals surface area contributed by atoms with Gasteiger partial charge >= 0.3 is 0 Å². The monoisotopic (exact) mass is 283 g/mol. The Balaban J connectivity index is 2.23. The average Bonchev–Trinajstić information content (AvgIpc) is 2.43. The van der Waals surface area contributed by atoms with Crippen LogP contribution >= 0.6 is 0 Å². The average molecular weight is 283 g/mol. The molecule has 1 saturated heterocycles. The van der Waals surface area contributed by atoms with E-state index in [4.69, 9.17) is 0 Å². The summed E-state index contributed by atoms with van der Waals surface area (Å²) in [6.07, 6.45) is 5.52. The normalized spacial score (nSPS) is 20.2. The summed E-state index contributed by atoms with van der Waals surface area (Å²) in [7, 11) is 2.17. The molecule has 1 aliphatic rings. The molecular formula is C16H33N3O. The van der Waals surface area contributed by atoms with Crippen molar-refractivity contribution in [3.63, 3.8) is 0 Å². The van der Waals surface area contributed by atoms with Crippen molar-refractivity contribution in [2.45, 2.75) is 65.0 Å². The Morgan fingerprint density at radius 1 is 1.40 bits per heavy atom. The van der Waals surface area contributed by atoms with E-state index in [1.807, 2.05) is 0 Å². The Morgan fingerprint density at radius 2 is 2.15 bits per heavy atom. The van der Waals surface area contributed by atoms with E-state index >= 15 is 0 Å². The van der Waals surface area contributed by atoms with Crippen molar-refractivity contribution in [2.24, 2.45) is 0 Å². The standard InChI is InChI=1S/C16H33N3O/c1-5-10-17-15-9-8-13-19(16(15)20)12-7-6-11-18(4)14(2)3/h14-15,17H,5-13H2,1-4H3. The lowest BCUT2D eigenvalue weighted by Gasteiger charge is -2.33. The number of amides is 1. The summed E-state index contributed by atoms with van der Waals surface area (Å²) in [5.41, 5.74) is 0. The Kier molecular flexibility index (Phi) is 8.15. The Bertz CT molecular complexity index is 281. The molecule has 1 rings (SSSR count). The summed E-state index contributed by atoms with van der Waals surface area (Å²) in [6.45, 7) is 10.5. The van der Waals surface area contributed by atoms with Gasteiger partial charge in [-0.2, -0.15) is 0 Å². The van der Waals surface area contributed by atoms with E-state index < -0.39 is 0 Å². The first-order chi connectivity index (χ1) is 9.56. The van der Waals surface area contributed by atoms with Crippen molar-refractivity contribution >= 4 is 5.91 Å². The van der Waals surface area contributed by atoms with Crippen molar-refractivity contribution in [2.75, 3.05) is 33.2 Å². The molecule has 4 heteroatoms. The van der Waals surface area contributed by atoms with Crippen molar-refractivity contribution in [3.05, 3.63) is 0 Å². The lowest BCUT2D eigenvalue weighted by molar-refractivity contribution is -0.136. The molecule has 1 atom stereocenters. The first-order valence-corrected chi connectivity index (χ1v) is 8.28. The van der Waals surface area contributed by atoms with Crippen LogP contribution in [0.3, 0.4) is 0 Å². The van der Waals surface area contributed by atoms with Crippen LogP contribution in [0.15, 0.2) is 0 Å². The number of carbonyl (C=O) groups is 1. The smallest absolute Gasteiger partial charge is 0.239 e. The molecule has 0 aromatic carbocycles. The van der Waals surface area contributed by atoms with E-state index in [0.717, 1.165) is 51.9 Å². The third-order valence-electron chi connectivity index (χ3n) is 4.24. The second-order valence-corrected chi connectivity index (χ2v) is 6.26. The Morgan fingerprint density at radius 3 is 2.80 bits per heavy atom. The molecule has 0 radical (unpaired) electrons. The first-order valence-electron chi connectivity index (χ1n) is 8.28. The van der Waals surface area contributed by atoms with E-state index in [1.54, 1.807) is 0 Å². The molecule has 0 aromatic heterocycles. The number of carbonyl (C=O) groups excluding carboxylic acids is 1. The number of rotatable bonds is 9. The van der Waals surface area contributed by atoms with Gasteiger partial charge < -0.3 is 15.1 Å². The lowest BCUT2D eigenvalue weighted by Crippen LogP contribution is -2.51. The van der Waals surface area contributed by atoms with Crippen LogP contribution in [-0.4, -0.2) is 61.0 Å². The summed E-state index contributed by atoms with van der Waals surface area (Å²) < 4.78 is 0. The molecule has 1 amide bonds. The largest absolute Gasteiger partial charge is 0.341 e. The molecule has 0 spiro atoms. The van der Waals surface area contributed by atoms with Crippen molar-refractivity contribution in [3.8, 4) is 0 Å². The van der Waals surface area contributed by atoms with Gasteiger partial charge in [-0.1, -0.05) is 6.92 Å². The van der Waals surface area contributed by atoms with Crippen LogP contribution in [0.5, 0.6) is 0 Å². The predicted molar refractivity (Wildman–Crippen MR) is 84.9 cm³/mol. The zero-order valence-corrected chi connectivity index (χ0v) is 13.8. The highest BCUT2D eigenvalue weighted by atomic mass is 16.2. The minimum Gasteiger partial charge on any atom is -0.341 e. The Hall–Kier alpha value is -0.610. The van der Waals surface area contributed by atoms with Crippen molar-refractivity contribution in [1.82, 2.24) is 15.1 Å². The number of likely N-dealkylation sites (tertiary alicyclic amines) is 1. The highest BCUT2D eigenvalue weighted by Crippen LogP contribution is 2.13. The maximum atomic E-state index is 12.3. The first kappa shape index (κ1) is 17.4. The van der Waals surface area contributed by atoms with Crippen LogP contribution in [0, 0.1) is 0 Å². The van der Waals surface area contributed by atoms with E-state index in [1.165, 1.54) is 6.42 Å². The van der Waals surface area contributed by atoms with E-state index in [9.17, 15) is 4.79 Å². The molecule has 0 aromatic rings. The van der Waals surface area contributed by atoms with Gasteiger partial charge in [-0.3, -0.25) is 4.79 Å². The van der Waals surface area contributed by atoms with E-state index in [-0.39, 0.29) is 6.04 Å². The number of nitrogens with one attached hydrogen (secondary N) is 1. The topological polar surface area (TPSA) is 35.6 Å². The molecule has 4 nitrogen and oxygen atoms in total. The zero-order valence-electron chi connectivity index (χ0n) is 13.8. The molecule has 118 valence electrons. The van der Waals surface area contributed by atoms with Gasteiger partial charge in [-0.05, 0) is 66.1 Å². The summed E-state index contributed by atoms with van der Waals surface area (Å²) in [5, 5.41) is 3.38. The molecule has 0 bridgehead atoms. The zero-order chi connectivity index (χ0) is 15.0. The van der Waals surface area contributed by atoms with Crippen LogP contribution in [0.4, 0.5) is 0 Å². The number of nitrogens with zero attached hydrogens (tertiary/aromatic N) is 2.